The molecule has 0 radical (unpaired) electrons. The van der Waals surface area contributed by atoms with Crippen LogP contribution >= 0.6 is 0 Å². The van der Waals surface area contributed by atoms with Crippen LogP contribution in [0.2, 0.25) is 0 Å². The van der Waals surface area contributed by atoms with Gasteiger partial charge in [-0.1, -0.05) is 17.7 Å². The van der Waals surface area contributed by atoms with Crippen LogP contribution < -0.4 is 5.43 Å². The molecule has 0 saturated heterocycles. The molecule has 0 saturated carbocycles. The molecule has 0 spiro atoms. The number of ether oxygens (including phenoxy) is 1. The van der Waals surface area contributed by atoms with Gasteiger partial charge in [0.2, 0.25) is 5.43 Å². The van der Waals surface area contributed by atoms with Crippen molar-refractivity contribution in [2.75, 3.05) is 7.11 Å². The number of carbonyl (C=O) groups excluding carboxylic acids is 1. The van der Waals surface area contributed by atoms with E-state index in [9.17, 15) is 26.8 Å². The second kappa shape index (κ2) is 6.58. The lowest BCUT2D eigenvalue weighted by atomic mass is 10.1. The zero-order chi connectivity index (χ0) is 19.9. The van der Waals surface area contributed by atoms with Gasteiger partial charge in [0.1, 0.15) is 5.56 Å². The van der Waals surface area contributed by atoms with Gasteiger partial charge in [0.05, 0.1) is 22.9 Å². The smallest absolute Gasteiger partial charge is 0.343 e. The van der Waals surface area contributed by atoms with Crippen molar-refractivity contribution in [1.82, 2.24) is 3.97 Å². The minimum absolute atomic E-state index is 0.154. The molecule has 3 rings (SSSR count). The van der Waals surface area contributed by atoms with Gasteiger partial charge in [-0.25, -0.2) is 26.0 Å². The molecule has 0 aliphatic heterocycles. The topological polar surface area (TPSA) is 82.4 Å². The standard InChI is InChI=1S/C18H13F2NO5S/c1-10-3-5-11(6-4-10)27(24,25)21-9-13(18(23)26-2)17(22)12-7-14(19)15(20)8-16(12)21/h3-9H,1-2H3. The van der Waals surface area contributed by atoms with Crippen molar-refractivity contribution in [2.45, 2.75) is 11.8 Å². The Balaban J connectivity index is 2.45. The minimum atomic E-state index is -4.31. The van der Waals surface area contributed by atoms with E-state index in [0.29, 0.717) is 16.1 Å². The first-order valence-electron chi connectivity index (χ1n) is 7.62. The van der Waals surface area contributed by atoms with Crippen LogP contribution in [0.4, 0.5) is 8.78 Å². The maximum absolute atomic E-state index is 13.8. The summed E-state index contributed by atoms with van der Waals surface area (Å²) in [6.45, 7) is 1.76. The fraction of sp³-hybridized carbons (Fsp3) is 0.111. The molecule has 0 fully saturated rings. The molecule has 140 valence electrons. The predicted octanol–water partition coefficient (Wildman–Crippen LogP) is 2.61. The number of carbonyl (C=O) groups is 1. The SMILES string of the molecule is COC(=O)c1cn(S(=O)(=O)c2ccc(C)cc2)c2cc(F)c(F)cc2c1=O. The zero-order valence-corrected chi connectivity index (χ0v) is 15.0. The van der Waals surface area contributed by atoms with Crippen molar-refractivity contribution in [3.8, 4) is 0 Å². The van der Waals surface area contributed by atoms with Crippen LogP contribution in [0.3, 0.4) is 0 Å². The molecule has 9 heteroatoms. The molecule has 3 aromatic rings. The summed E-state index contributed by atoms with van der Waals surface area (Å²) in [6.07, 6.45) is 0.753. The van der Waals surface area contributed by atoms with Crippen LogP contribution in [0.25, 0.3) is 10.9 Å². The normalized spacial score (nSPS) is 11.6. The van der Waals surface area contributed by atoms with E-state index in [0.717, 1.165) is 18.9 Å². The molecule has 6 nitrogen and oxygen atoms in total. The molecule has 0 atom stereocenters. The molecule has 0 amide bonds. The fourth-order valence-corrected chi connectivity index (χ4v) is 3.93. The molecule has 0 unspecified atom stereocenters. The first kappa shape index (κ1) is 18.7. The molecule has 27 heavy (non-hydrogen) atoms. The lowest BCUT2D eigenvalue weighted by molar-refractivity contribution is 0.0599. The number of hydrogen-bond acceptors (Lipinski definition) is 5. The van der Waals surface area contributed by atoms with E-state index < -0.39 is 49.5 Å². The highest BCUT2D eigenvalue weighted by Gasteiger charge is 2.24. The number of aromatic nitrogens is 1. The Hall–Kier alpha value is -3.07. The molecule has 0 aliphatic rings. The van der Waals surface area contributed by atoms with Gasteiger partial charge in [-0.05, 0) is 25.1 Å². The first-order chi connectivity index (χ1) is 12.7. The summed E-state index contributed by atoms with van der Waals surface area (Å²) in [4.78, 5) is 24.2. The van der Waals surface area contributed by atoms with E-state index in [4.69, 9.17) is 0 Å². The molecular weight excluding hydrogens is 380 g/mol. The number of rotatable bonds is 3. The van der Waals surface area contributed by atoms with Crippen LogP contribution in [-0.4, -0.2) is 25.5 Å². The van der Waals surface area contributed by atoms with Gasteiger partial charge >= 0.3 is 5.97 Å². The average Bonchev–Trinajstić information content (AvgIpc) is 2.63. The van der Waals surface area contributed by atoms with Crippen LogP contribution in [0, 0.1) is 18.6 Å². The number of halogens is 2. The van der Waals surface area contributed by atoms with Crippen molar-refractivity contribution < 1.29 is 26.7 Å². The van der Waals surface area contributed by atoms with E-state index >= 15 is 0 Å². The van der Waals surface area contributed by atoms with Crippen molar-refractivity contribution in [3.63, 3.8) is 0 Å². The molecule has 0 bridgehead atoms. The number of fused-ring (bicyclic) bond motifs is 1. The molecule has 2 aromatic carbocycles. The molecule has 1 heterocycles. The van der Waals surface area contributed by atoms with E-state index in [2.05, 4.69) is 4.74 Å². The Bertz CT molecular complexity index is 1230. The number of pyridine rings is 1. The predicted molar refractivity (Wildman–Crippen MR) is 93.2 cm³/mol. The van der Waals surface area contributed by atoms with Crippen molar-refractivity contribution in [3.05, 3.63) is 75.6 Å². The Morgan fingerprint density at radius 3 is 2.26 bits per heavy atom. The molecule has 0 N–H and O–H groups in total. The Morgan fingerprint density at radius 1 is 1.07 bits per heavy atom. The third-order valence-electron chi connectivity index (χ3n) is 3.99. The summed E-state index contributed by atoms with van der Waals surface area (Å²) >= 11 is 0. The van der Waals surface area contributed by atoms with E-state index in [1.54, 1.807) is 19.1 Å². The van der Waals surface area contributed by atoms with E-state index in [1.165, 1.54) is 12.1 Å². The highest BCUT2D eigenvalue weighted by Crippen LogP contribution is 2.23. The van der Waals surface area contributed by atoms with Gasteiger partial charge in [0.25, 0.3) is 10.0 Å². The summed E-state index contributed by atoms with van der Waals surface area (Å²) in [7, 11) is -3.30. The van der Waals surface area contributed by atoms with Crippen molar-refractivity contribution in [2.24, 2.45) is 0 Å². The third-order valence-corrected chi connectivity index (χ3v) is 5.68. The van der Waals surface area contributed by atoms with E-state index in [1.807, 2.05) is 0 Å². The second-order valence-corrected chi connectivity index (χ2v) is 7.58. The summed E-state index contributed by atoms with van der Waals surface area (Å²) < 4.78 is 58.5. The van der Waals surface area contributed by atoms with E-state index in [-0.39, 0.29) is 4.90 Å². The maximum atomic E-state index is 13.8. The summed E-state index contributed by atoms with van der Waals surface area (Å²) in [5.41, 5.74) is -1.17. The largest absolute Gasteiger partial charge is 0.465 e. The van der Waals surface area contributed by atoms with Crippen LogP contribution in [0.1, 0.15) is 15.9 Å². The Kier molecular flexibility index (Phi) is 4.56. The monoisotopic (exact) mass is 393 g/mol. The summed E-state index contributed by atoms with van der Waals surface area (Å²) in [5, 5.41) is -0.465. The summed E-state index contributed by atoms with van der Waals surface area (Å²) in [5.74, 6) is -3.78. The second-order valence-electron chi connectivity index (χ2n) is 5.76. The summed E-state index contributed by atoms with van der Waals surface area (Å²) in [6, 6.07) is 6.91. The lowest BCUT2D eigenvalue weighted by Crippen LogP contribution is -2.24. The highest BCUT2D eigenvalue weighted by atomic mass is 32.2. The number of benzene rings is 2. The number of hydrogen-bond donors (Lipinski definition) is 0. The van der Waals surface area contributed by atoms with Gasteiger partial charge in [0.15, 0.2) is 11.6 Å². The molecule has 0 aliphatic carbocycles. The van der Waals surface area contributed by atoms with Gasteiger partial charge < -0.3 is 4.74 Å². The van der Waals surface area contributed by atoms with Crippen LogP contribution in [0.5, 0.6) is 0 Å². The van der Waals surface area contributed by atoms with Gasteiger partial charge in [0, 0.05) is 12.3 Å². The van der Waals surface area contributed by atoms with Crippen molar-refractivity contribution >= 4 is 26.9 Å². The van der Waals surface area contributed by atoms with Gasteiger partial charge in [-0.2, -0.15) is 0 Å². The molecule has 1 aromatic heterocycles. The van der Waals surface area contributed by atoms with Crippen LogP contribution in [0.15, 0.2) is 52.3 Å². The highest BCUT2D eigenvalue weighted by molar-refractivity contribution is 7.90. The number of aryl methyl sites for hydroxylation is 1. The number of methoxy groups -OCH3 is 1. The third kappa shape index (κ3) is 3.10. The quantitative estimate of drug-likeness (QED) is 0.639. The molecular formula is C18H13F2NO5S. The Labute approximate surface area is 152 Å². The average molecular weight is 393 g/mol. The Morgan fingerprint density at radius 2 is 1.67 bits per heavy atom. The number of nitrogens with zero attached hydrogens (tertiary/aromatic N) is 1. The first-order valence-corrected chi connectivity index (χ1v) is 9.06. The lowest BCUT2D eigenvalue weighted by Gasteiger charge is -2.14. The fourth-order valence-electron chi connectivity index (χ4n) is 2.57. The maximum Gasteiger partial charge on any atom is 0.343 e. The van der Waals surface area contributed by atoms with Gasteiger partial charge in [-0.15, -0.1) is 0 Å². The van der Waals surface area contributed by atoms with Crippen LogP contribution in [-0.2, 0) is 14.8 Å². The minimum Gasteiger partial charge on any atom is -0.465 e. The zero-order valence-electron chi connectivity index (χ0n) is 14.2. The van der Waals surface area contributed by atoms with Gasteiger partial charge in [-0.3, -0.25) is 4.79 Å². The number of esters is 1. The van der Waals surface area contributed by atoms with Crippen molar-refractivity contribution in [1.29, 1.82) is 0 Å².